The van der Waals surface area contributed by atoms with E-state index >= 15 is 0 Å². The van der Waals surface area contributed by atoms with Crippen molar-refractivity contribution in [2.24, 2.45) is 0 Å². The zero-order chi connectivity index (χ0) is 12.4. The molecule has 0 saturated heterocycles. The second-order valence-electron chi connectivity index (χ2n) is 3.88. The predicted octanol–water partition coefficient (Wildman–Crippen LogP) is 3.79. The highest BCUT2D eigenvalue weighted by atomic mass is 35.5. The molecule has 3 nitrogen and oxygen atoms in total. The number of halogens is 1. The second-order valence-corrected chi connectivity index (χ2v) is 4.32. The summed E-state index contributed by atoms with van der Waals surface area (Å²) in [5.74, 6) is 0. The van der Waals surface area contributed by atoms with E-state index in [4.69, 9.17) is 11.6 Å². The molecule has 0 bridgehead atoms. The van der Waals surface area contributed by atoms with Gasteiger partial charge in [-0.15, -0.1) is 0 Å². The number of H-pyrrole nitrogens is 1. The van der Waals surface area contributed by atoms with Gasteiger partial charge in [-0.25, -0.2) is 0 Å². The lowest BCUT2D eigenvalue weighted by Crippen LogP contribution is -1.85. The van der Waals surface area contributed by atoms with Crippen LogP contribution in [-0.2, 0) is 0 Å². The van der Waals surface area contributed by atoms with Gasteiger partial charge in [0.25, 0.3) is 0 Å². The SMILES string of the molecule is Clc1ccc(-c2cn[nH]c2-c2ccccn2)cc1. The van der Waals surface area contributed by atoms with E-state index in [0.29, 0.717) is 0 Å². The average Bonchev–Trinajstić information content (AvgIpc) is 2.90. The fraction of sp³-hybridized carbons (Fsp3) is 0. The summed E-state index contributed by atoms with van der Waals surface area (Å²) in [7, 11) is 0. The Balaban J connectivity index is 2.10. The molecule has 0 fully saturated rings. The van der Waals surface area contributed by atoms with E-state index < -0.39 is 0 Å². The first-order chi connectivity index (χ1) is 8.84. The minimum atomic E-state index is 0.724. The number of nitrogens with zero attached hydrogens (tertiary/aromatic N) is 2. The Hall–Kier alpha value is -2.13. The van der Waals surface area contributed by atoms with Crippen LogP contribution in [0, 0.1) is 0 Å². The van der Waals surface area contributed by atoms with Crippen molar-refractivity contribution in [3.05, 3.63) is 59.9 Å². The molecule has 1 N–H and O–H groups in total. The Bertz CT molecular complexity index is 644. The molecule has 3 aromatic rings. The van der Waals surface area contributed by atoms with Crippen molar-refractivity contribution in [3.63, 3.8) is 0 Å². The van der Waals surface area contributed by atoms with E-state index in [0.717, 1.165) is 27.5 Å². The van der Waals surface area contributed by atoms with Gasteiger partial charge in [0.2, 0.25) is 0 Å². The normalized spacial score (nSPS) is 10.5. The van der Waals surface area contributed by atoms with Gasteiger partial charge >= 0.3 is 0 Å². The molecular formula is C14H10ClN3. The first-order valence-electron chi connectivity index (χ1n) is 5.55. The highest BCUT2D eigenvalue weighted by Gasteiger charge is 2.10. The topological polar surface area (TPSA) is 41.6 Å². The molecule has 0 radical (unpaired) electrons. The number of aromatic amines is 1. The highest BCUT2D eigenvalue weighted by Crippen LogP contribution is 2.29. The van der Waals surface area contributed by atoms with Crippen LogP contribution in [0.3, 0.4) is 0 Å². The maximum atomic E-state index is 5.89. The summed E-state index contributed by atoms with van der Waals surface area (Å²) in [6.07, 6.45) is 3.56. The standard InChI is InChI=1S/C14H10ClN3/c15-11-6-4-10(5-7-11)12-9-17-18-14(12)13-3-1-2-8-16-13/h1-9H,(H,17,18). The van der Waals surface area contributed by atoms with E-state index in [1.165, 1.54) is 0 Å². The number of benzene rings is 1. The van der Waals surface area contributed by atoms with E-state index in [9.17, 15) is 0 Å². The molecule has 2 heterocycles. The smallest absolute Gasteiger partial charge is 0.0912 e. The Kier molecular flexibility index (Phi) is 2.82. The molecule has 88 valence electrons. The van der Waals surface area contributed by atoms with E-state index in [1.807, 2.05) is 42.5 Å². The third kappa shape index (κ3) is 2.00. The van der Waals surface area contributed by atoms with Gasteiger partial charge in [0, 0.05) is 16.8 Å². The largest absolute Gasteiger partial charge is 0.276 e. The zero-order valence-electron chi connectivity index (χ0n) is 9.47. The van der Waals surface area contributed by atoms with Crippen LogP contribution in [0.1, 0.15) is 0 Å². The summed E-state index contributed by atoms with van der Waals surface area (Å²) >= 11 is 5.89. The van der Waals surface area contributed by atoms with Crippen LogP contribution in [0.5, 0.6) is 0 Å². The van der Waals surface area contributed by atoms with E-state index in [1.54, 1.807) is 12.4 Å². The number of pyridine rings is 1. The molecule has 0 unspecified atom stereocenters. The van der Waals surface area contributed by atoms with Gasteiger partial charge in [-0.05, 0) is 29.8 Å². The summed E-state index contributed by atoms with van der Waals surface area (Å²) in [4.78, 5) is 4.33. The Morgan fingerprint density at radius 3 is 2.56 bits per heavy atom. The fourth-order valence-electron chi connectivity index (χ4n) is 1.84. The van der Waals surface area contributed by atoms with Crippen molar-refractivity contribution in [2.45, 2.75) is 0 Å². The Morgan fingerprint density at radius 2 is 1.83 bits per heavy atom. The predicted molar refractivity (Wildman–Crippen MR) is 72.3 cm³/mol. The molecule has 2 aromatic heterocycles. The molecule has 0 amide bonds. The van der Waals surface area contributed by atoms with Gasteiger partial charge < -0.3 is 0 Å². The van der Waals surface area contributed by atoms with Crippen molar-refractivity contribution in [2.75, 3.05) is 0 Å². The summed E-state index contributed by atoms with van der Waals surface area (Å²) in [5, 5.41) is 7.81. The first kappa shape index (κ1) is 11.0. The van der Waals surface area contributed by atoms with Gasteiger partial charge in [0.05, 0.1) is 17.6 Å². The Labute approximate surface area is 109 Å². The van der Waals surface area contributed by atoms with Crippen molar-refractivity contribution >= 4 is 11.6 Å². The van der Waals surface area contributed by atoms with Crippen molar-refractivity contribution in [1.82, 2.24) is 15.2 Å². The van der Waals surface area contributed by atoms with Crippen LogP contribution in [0.2, 0.25) is 5.02 Å². The Morgan fingerprint density at radius 1 is 1.00 bits per heavy atom. The molecule has 0 aliphatic rings. The number of hydrogen-bond donors (Lipinski definition) is 1. The molecule has 1 aromatic carbocycles. The summed E-state index contributed by atoms with van der Waals surface area (Å²) in [6, 6.07) is 13.5. The maximum Gasteiger partial charge on any atom is 0.0912 e. The molecule has 3 rings (SSSR count). The molecule has 0 atom stereocenters. The van der Waals surface area contributed by atoms with E-state index in [-0.39, 0.29) is 0 Å². The monoisotopic (exact) mass is 255 g/mol. The third-order valence-electron chi connectivity index (χ3n) is 2.72. The molecule has 4 heteroatoms. The summed E-state index contributed by atoms with van der Waals surface area (Å²) in [5.41, 5.74) is 3.87. The lowest BCUT2D eigenvalue weighted by molar-refractivity contribution is 1.09. The van der Waals surface area contributed by atoms with Crippen molar-refractivity contribution in [1.29, 1.82) is 0 Å². The van der Waals surface area contributed by atoms with Crippen LogP contribution >= 0.6 is 11.6 Å². The van der Waals surface area contributed by atoms with Gasteiger partial charge in [-0.1, -0.05) is 29.8 Å². The maximum absolute atomic E-state index is 5.89. The van der Waals surface area contributed by atoms with Crippen LogP contribution < -0.4 is 0 Å². The number of aromatic nitrogens is 3. The lowest BCUT2D eigenvalue weighted by atomic mass is 10.0. The number of rotatable bonds is 2. The number of hydrogen-bond acceptors (Lipinski definition) is 2. The van der Waals surface area contributed by atoms with Gasteiger partial charge in [-0.3, -0.25) is 10.1 Å². The fourth-order valence-corrected chi connectivity index (χ4v) is 1.97. The molecule has 0 saturated carbocycles. The average molecular weight is 256 g/mol. The molecule has 0 spiro atoms. The van der Waals surface area contributed by atoms with Crippen LogP contribution in [0.15, 0.2) is 54.9 Å². The quantitative estimate of drug-likeness (QED) is 0.757. The molecule has 18 heavy (non-hydrogen) atoms. The molecule has 0 aliphatic heterocycles. The molecular weight excluding hydrogens is 246 g/mol. The number of nitrogens with one attached hydrogen (secondary N) is 1. The summed E-state index contributed by atoms with van der Waals surface area (Å²) in [6.45, 7) is 0. The highest BCUT2D eigenvalue weighted by molar-refractivity contribution is 6.30. The minimum absolute atomic E-state index is 0.724. The molecule has 0 aliphatic carbocycles. The van der Waals surface area contributed by atoms with Crippen LogP contribution in [-0.4, -0.2) is 15.2 Å². The van der Waals surface area contributed by atoms with Crippen LogP contribution in [0.25, 0.3) is 22.5 Å². The van der Waals surface area contributed by atoms with Crippen molar-refractivity contribution in [3.8, 4) is 22.5 Å². The van der Waals surface area contributed by atoms with Gasteiger partial charge in [0.1, 0.15) is 0 Å². The minimum Gasteiger partial charge on any atom is -0.276 e. The lowest BCUT2D eigenvalue weighted by Gasteiger charge is -2.02. The summed E-state index contributed by atoms with van der Waals surface area (Å²) < 4.78 is 0. The second kappa shape index (κ2) is 4.63. The van der Waals surface area contributed by atoms with Gasteiger partial charge in [0.15, 0.2) is 0 Å². The van der Waals surface area contributed by atoms with E-state index in [2.05, 4.69) is 15.2 Å². The van der Waals surface area contributed by atoms with Crippen molar-refractivity contribution < 1.29 is 0 Å². The van der Waals surface area contributed by atoms with Crippen LogP contribution in [0.4, 0.5) is 0 Å². The first-order valence-corrected chi connectivity index (χ1v) is 5.93. The zero-order valence-corrected chi connectivity index (χ0v) is 10.2. The third-order valence-corrected chi connectivity index (χ3v) is 2.97. The van der Waals surface area contributed by atoms with Gasteiger partial charge in [-0.2, -0.15) is 5.10 Å².